The van der Waals surface area contributed by atoms with Crippen molar-refractivity contribution in [3.8, 4) is 11.5 Å². The normalized spacial score (nSPS) is 11.7. The Labute approximate surface area is 89.2 Å². The summed E-state index contributed by atoms with van der Waals surface area (Å²) < 4.78 is 5.17. The molecular formula is C12H14N2O. The summed E-state index contributed by atoms with van der Waals surface area (Å²) in [6.07, 6.45) is 4.96. The largest absolute Gasteiger partial charge is 0.442 e. The van der Waals surface area contributed by atoms with Crippen molar-refractivity contribution < 1.29 is 4.42 Å². The monoisotopic (exact) mass is 202 g/mol. The fraction of sp³-hybridized carbons (Fsp3) is 0.333. The van der Waals surface area contributed by atoms with Gasteiger partial charge in [-0.15, -0.1) is 0 Å². The van der Waals surface area contributed by atoms with E-state index in [9.17, 15) is 0 Å². The average Bonchev–Trinajstić information content (AvgIpc) is 2.69. The minimum absolute atomic E-state index is 0.132. The maximum atomic E-state index is 5.17. The van der Waals surface area contributed by atoms with Crippen LogP contribution in [0, 0.1) is 0 Å². The van der Waals surface area contributed by atoms with Crippen molar-refractivity contribution >= 4 is 0 Å². The minimum atomic E-state index is 0.132. The topological polar surface area (TPSA) is 38.9 Å². The molecular weight excluding hydrogens is 188 g/mol. The molecule has 0 aliphatic carbocycles. The molecule has 0 unspecified atom stereocenters. The number of pyridine rings is 1. The van der Waals surface area contributed by atoms with Gasteiger partial charge in [0.25, 0.3) is 0 Å². The Bertz CT molecular complexity index is 424. The van der Waals surface area contributed by atoms with Crippen molar-refractivity contribution in [2.45, 2.75) is 26.2 Å². The van der Waals surface area contributed by atoms with Crippen LogP contribution in [0.4, 0.5) is 0 Å². The van der Waals surface area contributed by atoms with Crippen LogP contribution in [0.3, 0.4) is 0 Å². The van der Waals surface area contributed by atoms with E-state index in [0.29, 0.717) is 5.76 Å². The first-order chi connectivity index (χ1) is 7.07. The van der Waals surface area contributed by atoms with E-state index >= 15 is 0 Å². The molecule has 0 saturated heterocycles. The molecule has 0 amide bonds. The van der Waals surface area contributed by atoms with Gasteiger partial charge in [0, 0.05) is 6.20 Å². The van der Waals surface area contributed by atoms with Crippen molar-refractivity contribution in [2.75, 3.05) is 0 Å². The highest BCUT2D eigenvalue weighted by Gasteiger charge is 2.14. The molecule has 2 aromatic rings. The molecule has 0 aromatic carbocycles. The van der Waals surface area contributed by atoms with Gasteiger partial charge in [-0.05, 0) is 17.0 Å². The standard InChI is InChI=1S/C12H14N2O/c1-12(2,3)9-4-5-10(14-6-9)11-7-13-8-15-11/h4-8H,1-3H3. The van der Waals surface area contributed by atoms with Gasteiger partial charge in [-0.1, -0.05) is 26.8 Å². The van der Waals surface area contributed by atoms with E-state index in [2.05, 4.69) is 36.8 Å². The summed E-state index contributed by atoms with van der Waals surface area (Å²) >= 11 is 0. The molecule has 2 heterocycles. The fourth-order valence-corrected chi connectivity index (χ4v) is 1.33. The van der Waals surface area contributed by atoms with Crippen LogP contribution < -0.4 is 0 Å². The van der Waals surface area contributed by atoms with Gasteiger partial charge < -0.3 is 4.42 Å². The molecule has 2 aromatic heterocycles. The Morgan fingerprint density at radius 3 is 2.40 bits per heavy atom. The van der Waals surface area contributed by atoms with Gasteiger partial charge in [0.05, 0.1) is 6.20 Å². The first kappa shape index (κ1) is 9.90. The van der Waals surface area contributed by atoms with Gasteiger partial charge in [-0.25, -0.2) is 4.98 Å². The van der Waals surface area contributed by atoms with Crippen LogP contribution >= 0.6 is 0 Å². The molecule has 0 aliphatic heterocycles. The summed E-state index contributed by atoms with van der Waals surface area (Å²) in [7, 11) is 0. The zero-order valence-electron chi connectivity index (χ0n) is 9.19. The predicted molar refractivity (Wildman–Crippen MR) is 58.4 cm³/mol. The highest BCUT2D eigenvalue weighted by molar-refractivity contribution is 5.50. The van der Waals surface area contributed by atoms with Crippen molar-refractivity contribution in [1.29, 1.82) is 0 Å². The third-order valence-electron chi connectivity index (χ3n) is 2.31. The molecule has 0 spiro atoms. The maximum Gasteiger partial charge on any atom is 0.181 e. The molecule has 0 aliphatic rings. The molecule has 0 radical (unpaired) electrons. The second-order valence-corrected chi connectivity index (χ2v) is 4.55. The molecule has 3 heteroatoms. The average molecular weight is 202 g/mol. The Kier molecular flexibility index (Phi) is 2.31. The summed E-state index contributed by atoms with van der Waals surface area (Å²) in [5.41, 5.74) is 2.17. The van der Waals surface area contributed by atoms with E-state index in [1.165, 1.54) is 12.0 Å². The van der Waals surface area contributed by atoms with E-state index in [1.807, 2.05) is 12.3 Å². The molecule has 0 fully saturated rings. The summed E-state index contributed by atoms with van der Waals surface area (Å²) in [4.78, 5) is 8.22. The predicted octanol–water partition coefficient (Wildman–Crippen LogP) is 3.03. The minimum Gasteiger partial charge on any atom is -0.442 e. The summed E-state index contributed by atoms with van der Waals surface area (Å²) in [5, 5.41) is 0. The maximum absolute atomic E-state index is 5.17. The van der Waals surface area contributed by atoms with Gasteiger partial charge in [0.15, 0.2) is 12.2 Å². The molecule has 15 heavy (non-hydrogen) atoms. The summed E-state index contributed by atoms with van der Waals surface area (Å²) in [6.45, 7) is 6.49. The SMILES string of the molecule is CC(C)(C)c1ccc(-c2cnco2)nc1. The van der Waals surface area contributed by atoms with E-state index in [1.54, 1.807) is 6.20 Å². The smallest absolute Gasteiger partial charge is 0.181 e. The number of nitrogens with zero attached hydrogens (tertiary/aromatic N) is 2. The Balaban J connectivity index is 2.33. The number of rotatable bonds is 1. The van der Waals surface area contributed by atoms with Crippen molar-refractivity contribution in [2.24, 2.45) is 0 Å². The van der Waals surface area contributed by atoms with Crippen LogP contribution in [0.1, 0.15) is 26.3 Å². The number of oxazole rings is 1. The lowest BCUT2D eigenvalue weighted by Gasteiger charge is -2.18. The van der Waals surface area contributed by atoms with Crippen LogP contribution in [0.2, 0.25) is 0 Å². The third kappa shape index (κ3) is 2.06. The van der Waals surface area contributed by atoms with Crippen LogP contribution in [0.5, 0.6) is 0 Å². The third-order valence-corrected chi connectivity index (χ3v) is 2.31. The lowest BCUT2D eigenvalue weighted by Crippen LogP contribution is -2.11. The Morgan fingerprint density at radius 2 is 1.93 bits per heavy atom. The Hall–Kier alpha value is -1.64. The van der Waals surface area contributed by atoms with Gasteiger partial charge in [-0.2, -0.15) is 0 Å². The highest BCUT2D eigenvalue weighted by Crippen LogP contribution is 2.23. The lowest BCUT2D eigenvalue weighted by atomic mass is 9.88. The van der Waals surface area contributed by atoms with E-state index < -0.39 is 0 Å². The first-order valence-electron chi connectivity index (χ1n) is 4.93. The number of aromatic nitrogens is 2. The van der Waals surface area contributed by atoms with E-state index in [4.69, 9.17) is 4.42 Å². The van der Waals surface area contributed by atoms with Crippen LogP contribution in [0.25, 0.3) is 11.5 Å². The molecule has 78 valence electrons. The number of hydrogen-bond donors (Lipinski definition) is 0. The second-order valence-electron chi connectivity index (χ2n) is 4.55. The Morgan fingerprint density at radius 1 is 1.13 bits per heavy atom. The van der Waals surface area contributed by atoms with Crippen LogP contribution in [-0.2, 0) is 5.41 Å². The zero-order chi connectivity index (χ0) is 10.9. The van der Waals surface area contributed by atoms with E-state index in [0.717, 1.165) is 5.69 Å². The molecule has 0 N–H and O–H groups in total. The fourth-order valence-electron chi connectivity index (χ4n) is 1.33. The zero-order valence-corrected chi connectivity index (χ0v) is 9.19. The van der Waals surface area contributed by atoms with Crippen molar-refractivity contribution in [1.82, 2.24) is 9.97 Å². The molecule has 3 nitrogen and oxygen atoms in total. The summed E-state index contributed by atoms with van der Waals surface area (Å²) in [5.74, 6) is 0.704. The number of hydrogen-bond acceptors (Lipinski definition) is 3. The van der Waals surface area contributed by atoms with Gasteiger partial charge in [0.2, 0.25) is 0 Å². The second kappa shape index (κ2) is 3.50. The molecule has 0 atom stereocenters. The van der Waals surface area contributed by atoms with Crippen LogP contribution in [-0.4, -0.2) is 9.97 Å². The van der Waals surface area contributed by atoms with Crippen LogP contribution in [0.15, 0.2) is 35.3 Å². The molecule has 0 bridgehead atoms. The van der Waals surface area contributed by atoms with Crippen molar-refractivity contribution in [3.63, 3.8) is 0 Å². The van der Waals surface area contributed by atoms with Gasteiger partial charge in [-0.3, -0.25) is 4.98 Å². The summed E-state index contributed by atoms with van der Waals surface area (Å²) in [6, 6.07) is 4.03. The molecule has 2 rings (SSSR count). The van der Waals surface area contributed by atoms with Crippen molar-refractivity contribution in [3.05, 3.63) is 36.5 Å². The quantitative estimate of drug-likeness (QED) is 0.713. The lowest BCUT2D eigenvalue weighted by molar-refractivity contribution is 0.567. The highest BCUT2D eigenvalue weighted by atomic mass is 16.3. The molecule has 0 saturated carbocycles. The van der Waals surface area contributed by atoms with Gasteiger partial charge in [0.1, 0.15) is 5.69 Å². The van der Waals surface area contributed by atoms with E-state index in [-0.39, 0.29) is 5.41 Å². The first-order valence-corrected chi connectivity index (χ1v) is 4.93. The van der Waals surface area contributed by atoms with Gasteiger partial charge >= 0.3 is 0 Å².